The van der Waals surface area contributed by atoms with Crippen LogP contribution in [0.2, 0.25) is 0 Å². The number of hydrogen-bond acceptors (Lipinski definition) is 2. The number of nitrogens with one attached hydrogen (secondary N) is 1. The van der Waals surface area contributed by atoms with Gasteiger partial charge >= 0.3 is 0 Å². The predicted octanol–water partition coefficient (Wildman–Crippen LogP) is 2.62. The third-order valence-electron chi connectivity index (χ3n) is 2.93. The molecule has 1 aliphatic heterocycles. The van der Waals surface area contributed by atoms with E-state index in [1.165, 1.54) is 12.1 Å². The van der Waals surface area contributed by atoms with Gasteiger partial charge in [0.15, 0.2) is 0 Å². The first kappa shape index (κ1) is 12.6. The van der Waals surface area contributed by atoms with E-state index in [1.54, 1.807) is 0 Å². The van der Waals surface area contributed by atoms with Crippen LogP contribution in [0.15, 0.2) is 12.3 Å². The van der Waals surface area contributed by atoms with Crippen molar-refractivity contribution in [1.29, 1.82) is 0 Å². The predicted molar refractivity (Wildman–Crippen MR) is 66.9 cm³/mol. The van der Waals surface area contributed by atoms with Crippen LogP contribution < -0.4 is 5.32 Å². The van der Waals surface area contributed by atoms with Gasteiger partial charge in [0.2, 0.25) is 0 Å². The van der Waals surface area contributed by atoms with Crippen LogP contribution in [0.25, 0.3) is 0 Å². The number of hydrogen-bond donors (Lipinski definition) is 1. The van der Waals surface area contributed by atoms with E-state index in [2.05, 4.69) is 44.5 Å². The first-order chi connectivity index (χ1) is 6.92. The summed E-state index contributed by atoms with van der Waals surface area (Å²) in [6.07, 6.45) is 2.31. The molecule has 0 radical (unpaired) electrons. The van der Waals surface area contributed by atoms with Crippen LogP contribution in [-0.4, -0.2) is 30.6 Å². The molecule has 2 nitrogen and oxygen atoms in total. The van der Waals surface area contributed by atoms with E-state index in [4.69, 9.17) is 0 Å². The minimum Gasteiger partial charge on any atom is -0.372 e. The molecular weight excluding hydrogens is 184 g/mol. The second-order valence-corrected chi connectivity index (χ2v) is 5.81. The Bertz CT molecular complexity index is 215. The molecular formula is C13H26N2. The van der Waals surface area contributed by atoms with Crippen molar-refractivity contribution in [3.63, 3.8) is 0 Å². The van der Waals surface area contributed by atoms with Crippen molar-refractivity contribution in [2.24, 2.45) is 5.41 Å². The van der Waals surface area contributed by atoms with Crippen molar-refractivity contribution in [2.75, 3.05) is 19.6 Å². The maximum absolute atomic E-state index is 4.23. The fraction of sp³-hybridized carbons (Fsp3) is 0.846. The Morgan fingerprint density at radius 2 is 2.13 bits per heavy atom. The lowest BCUT2D eigenvalue weighted by atomic mass is 9.90. The highest BCUT2D eigenvalue weighted by molar-refractivity contribution is 5.00. The SMILES string of the molecule is C=C(CC(C)(C)C)N1CCNC(CC)C1. The summed E-state index contributed by atoms with van der Waals surface area (Å²) in [6.45, 7) is 16.6. The van der Waals surface area contributed by atoms with Gasteiger partial charge in [-0.05, 0) is 18.3 Å². The molecule has 0 aromatic rings. The largest absolute Gasteiger partial charge is 0.372 e. The van der Waals surface area contributed by atoms with Gasteiger partial charge in [0.1, 0.15) is 0 Å². The van der Waals surface area contributed by atoms with Crippen molar-refractivity contribution in [3.05, 3.63) is 12.3 Å². The first-order valence-corrected chi connectivity index (χ1v) is 6.08. The normalized spacial score (nSPS) is 22.9. The molecule has 1 atom stereocenters. The molecule has 2 heteroatoms. The summed E-state index contributed by atoms with van der Waals surface area (Å²) < 4.78 is 0. The highest BCUT2D eigenvalue weighted by Gasteiger charge is 2.21. The Balaban J connectivity index is 2.45. The van der Waals surface area contributed by atoms with E-state index in [0.717, 1.165) is 26.1 Å². The standard InChI is InChI=1S/C13H26N2/c1-6-12-10-15(8-7-14-12)11(2)9-13(3,4)5/h12,14H,2,6-10H2,1,3-5H3. The summed E-state index contributed by atoms with van der Waals surface area (Å²) in [5.74, 6) is 0. The molecule has 0 aromatic carbocycles. The third kappa shape index (κ3) is 4.25. The van der Waals surface area contributed by atoms with Crippen LogP contribution in [0.4, 0.5) is 0 Å². The summed E-state index contributed by atoms with van der Waals surface area (Å²) in [6, 6.07) is 0.649. The van der Waals surface area contributed by atoms with Crippen molar-refractivity contribution in [1.82, 2.24) is 10.2 Å². The van der Waals surface area contributed by atoms with Crippen LogP contribution in [0, 0.1) is 5.41 Å². The van der Waals surface area contributed by atoms with Gasteiger partial charge in [-0.1, -0.05) is 34.3 Å². The lowest BCUT2D eigenvalue weighted by Gasteiger charge is -2.37. The van der Waals surface area contributed by atoms with Gasteiger partial charge in [-0.25, -0.2) is 0 Å². The molecule has 15 heavy (non-hydrogen) atoms. The van der Waals surface area contributed by atoms with Gasteiger partial charge in [0.05, 0.1) is 0 Å². The fourth-order valence-corrected chi connectivity index (χ4v) is 2.11. The van der Waals surface area contributed by atoms with Crippen LogP contribution in [0.5, 0.6) is 0 Å². The van der Waals surface area contributed by atoms with Gasteiger partial charge in [-0.2, -0.15) is 0 Å². The molecule has 0 aromatic heterocycles. The summed E-state index contributed by atoms with van der Waals surface area (Å²) in [4.78, 5) is 2.45. The molecule has 0 aliphatic carbocycles. The molecule has 0 spiro atoms. The Hall–Kier alpha value is -0.500. The Labute approximate surface area is 94.7 Å². The highest BCUT2D eigenvalue weighted by atomic mass is 15.2. The quantitative estimate of drug-likeness (QED) is 0.770. The van der Waals surface area contributed by atoms with Crippen molar-refractivity contribution >= 4 is 0 Å². The molecule has 1 aliphatic rings. The zero-order valence-electron chi connectivity index (χ0n) is 10.8. The molecule has 1 N–H and O–H groups in total. The molecule has 88 valence electrons. The fourth-order valence-electron chi connectivity index (χ4n) is 2.11. The average Bonchev–Trinajstić information content (AvgIpc) is 2.15. The number of nitrogens with zero attached hydrogens (tertiary/aromatic N) is 1. The van der Waals surface area contributed by atoms with E-state index in [1.807, 2.05) is 0 Å². The summed E-state index contributed by atoms with van der Waals surface area (Å²) in [5.41, 5.74) is 1.66. The number of rotatable bonds is 3. The molecule has 1 rings (SSSR count). The Morgan fingerprint density at radius 3 is 2.67 bits per heavy atom. The topological polar surface area (TPSA) is 15.3 Å². The van der Waals surface area contributed by atoms with E-state index >= 15 is 0 Å². The van der Waals surface area contributed by atoms with Crippen LogP contribution in [0.3, 0.4) is 0 Å². The van der Waals surface area contributed by atoms with Crippen molar-refractivity contribution < 1.29 is 0 Å². The highest BCUT2D eigenvalue weighted by Crippen LogP contribution is 2.25. The molecule has 1 heterocycles. The minimum atomic E-state index is 0.351. The molecule has 0 amide bonds. The van der Waals surface area contributed by atoms with Gasteiger partial charge in [0.25, 0.3) is 0 Å². The Morgan fingerprint density at radius 1 is 1.47 bits per heavy atom. The van der Waals surface area contributed by atoms with Gasteiger partial charge in [0, 0.05) is 31.4 Å². The first-order valence-electron chi connectivity index (χ1n) is 6.08. The molecule has 0 saturated carbocycles. The molecule has 1 fully saturated rings. The van der Waals surface area contributed by atoms with E-state index in [0.29, 0.717) is 11.5 Å². The van der Waals surface area contributed by atoms with Crippen LogP contribution in [0.1, 0.15) is 40.5 Å². The minimum absolute atomic E-state index is 0.351. The van der Waals surface area contributed by atoms with Gasteiger partial charge in [-0.15, -0.1) is 0 Å². The summed E-state index contributed by atoms with van der Waals surface area (Å²) in [7, 11) is 0. The zero-order chi connectivity index (χ0) is 11.5. The van der Waals surface area contributed by atoms with Crippen molar-refractivity contribution in [3.8, 4) is 0 Å². The van der Waals surface area contributed by atoms with E-state index < -0.39 is 0 Å². The monoisotopic (exact) mass is 210 g/mol. The van der Waals surface area contributed by atoms with E-state index in [-0.39, 0.29) is 0 Å². The van der Waals surface area contributed by atoms with Crippen molar-refractivity contribution in [2.45, 2.75) is 46.6 Å². The average molecular weight is 210 g/mol. The maximum Gasteiger partial charge on any atom is 0.0329 e. The third-order valence-corrected chi connectivity index (χ3v) is 2.93. The number of allylic oxidation sites excluding steroid dienone is 1. The lowest BCUT2D eigenvalue weighted by molar-refractivity contribution is 0.220. The molecule has 1 unspecified atom stereocenters. The summed E-state index contributed by atoms with van der Waals surface area (Å²) >= 11 is 0. The smallest absolute Gasteiger partial charge is 0.0329 e. The Kier molecular flexibility index (Phi) is 4.21. The van der Waals surface area contributed by atoms with Gasteiger partial charge < -0.3 is 10.2 Å². The van der Waals surface area contributed by atoms with Gasteiger partial charge in [-0.3, -0.25) is 0 Å². The van der Waals surface area contributed by atoms with Crippen LogP contribution >= 0.6 is 0 Å². The second-order valence-electron chi connectivity index (χ2n) is 5.81. The van der Waals surface area contributed by atoms with Crippen LogP contribution in [-0.2, 0) is 0 Å². The zero-order valence-corrected chi connectivity index (χ0v) is 10.8. The maximum atomic E-state index is 4.23. The van der Waals surface area contributed by atoms with E-state index in [9.17, 15) is 0 Å². The lowest BCUT2D eigenvalue weighted by Crippen LogP contribution is -2.49. The molecule has 0 bridgehead atoms. The number of piperazine rings is 1. The summed E-state index contributed by atoms with van der Waals surface area (Å²) in [5, 5.41) is 3.53. The molecule has 1 saturated heterocycles. The second kappa shape index (κ2) is 5.02.